The van der Waals surface area contributed by atoms with Gasteiger partial charge in [-0.2, -0.15) is 0 Å². The summed E-state index contributed by atoms with van der Waals surface area (Å²) in [5.41, 5.74) is 10.4. The Morgan fingerprint density at radius 2 is 1.02 bits per heavy atom. The number of aromatic nitrogens is 2. The molecule has 6 aromatic rings. The highest BCUT2D eigenvalue weighted by Gasteiger charge is 2.49. The topological polar surface area (TPSA) is 133 Å². The van der Waals surface area contributed by atoms with Gasteiger partial charge in [0, 0.05) is 71.2 Å². The van der Waals surface area contributed by atoms with E-state index in [1.165, 1.54) is 11.1 Å². The zero-order valence-corrected chi connectivity index (χ0v) is 51.9. The molecule has 3 aliphatic heterocycles. The van der Waals surface area contributed by atoms with Gasteiger partial charge in [0.05, 0.1) is 36.4 Å². The van der Waals surface area contributed by atoms with Crippen LogP contribution in [-0.4, -0.2) is 96.4 Å². The zero-order valence-electron chi connectivity index (χ0n) is 48.6. The van der Waals surface area contributed by atoms with Crippen LogP contribution >= 0.6 is 38.6 Å². The highest BCUT2D eigenvalue weighted by molar-refractivity contribution is 9.10. The summed E-state index contributed by atoms with van der Waals surface area (Å²) in [7, 11) is 0. The van der Waals surface area contributed by atoms with Crippen LogP contribution in [0.1, 0.15) is 111 Å². The van der Waals surface area contributed by atoms with Crippen LogP contribution in [-0.2, 0) is 37.0 Å². The maximum Gasteiger partial charge on any atom is 0.310 e. The molecule has 3 saturated heterocycles. The molecule has 430 valence electrons. The number of morpholine rings is 1. The zero-order chi connectivity index (χ0) is 57.3. The number of halogens is 1. The molecule has 0 radical (unpaired) electrons. The molecule has 11 rings (SSSR count). The average Bonchev–Trinajstić information content (AvgIpc) is 4.22. The van der Waals surface area contributed by atoms with Crippen LogP contribution in [0.2, 0.25) is 0 Å². The Kier molecular flexibility index (Phi) is 17.7. The second-order valence-electron chi connectivity index (χ2n) is 24.8. The lowest BCUT2D eigenvalue weighted by molar-refractivity contribution is -0.164. The number of ether oxygens (including phenoxy) is 5. The molecule has 4 bridgehead atoms. The number of hydrogen-bond donors (Lipinski definition) is 0. The van der Waals surface area contributed by atoms with Crippen molar-refractivity contribution < 1.29 is 38.1 Å². The molecule has 4 unspecified atom stereocenters. The first-order valence-electron chi connectivity index (χ1n) is 28.7. The number of rotatable bonds is 13. The van der Waals surface area contributed by atoms with Gasteiger partial charge in [0.15, 0.2) is 10.3 Å². The van der Waals surface area contributed by atoms with Crippen molar-refractivity contribution in [3.63, 3.8) is 0 Å². The lowest BCUT2D eigenvalue weighted by Crippen LogP contribution is -2.46. The Bertz CT molecular complexity index is 3220. The normalized spacial score (nSPS) is 21.5. The number of piperidine rings is 2. The third kappa shape index (κ3) is 14.0. The third-order valence-corrected chi connectivity index (χ3v) is 18.6. The van der Waals surface area contributed by atoms with Crippen LogP contribution in [0.25, 0.3) is 22.5 Å². The molecule has 0 spiro atoms. The van der Waals surface area contributed by atoms with E-state index >= 15 is 0 Å². The molecule has 4 atom stereocenters. The lowest BCUT2D eigenvalue weighted by atomic mass is 9.85. The Hall–Kier alpha value is -5.81. The molecule has 5 heterocycles. The van der Waals surface area contributed by atoms with Crippen LogP contribution in [0.5, 0.6) is 11.5 Å². The largest absolute Gasteiger partial charge is 0.488 e. The first-order valence-corrected chi connectivity index (χ1v) is 31.2. The fraction of sp³-hybridized carbons (Fsp3) is 0.492. The summed E-state index contributed by atoms with van der Waals surface area (Å²) in [6.45, 7) is 26.7. The molecule has 2 saturated carbocycles. The maximum absolute atomic E-state index is 13.0. The Morgan fingerprint density at radius 1 is 0.593 bits per heavy atom. The summed E-state index contributed by atoms with van der Waals surface area (Å²) in [6, 6.07) is 24.6. The number of anilines is 2. The molecular weight excluding hydrogens is 1120 g/mol. The van der Waals surface area contributed by atoms with Crippen molar-refractivity contribution in [2.75, 3.05) is 62.3 Å². The number of benzene rings is 4. The van der Waals surface area contributed by atoms with Gasteiger partial charge >= 0.3 is 11.9 Å². The number of carbonyl (C=O) groups excluding carboxylic acids is 3. The fourth-order valence-electron chi connectivity index (χ4n) is 12.3. The number of aryl methyl sites for hydroxylation is 4. The standard InChI is InChI=1S/C35H43N3O5S.C30H35BrN2O3S/c1-22-6-11-30(42-20-27-10-7-24(17-23(27)2)32(39)37-12-14-41-15-13-37)28(16-22)29-21-44-34(36-29)38-18-25-8-9-26(19-38)31(25)33(40)43-35(3,4)5;1-18-6-11-26(35-16-22-9-10-23(31)13-19(22)2)24(12-18)25-17-37-29(32-25)33-14-20-7-8-21(15-33)27(20)28(34)36-30(3,4)5/h6-7,10-11,16-17,21,25-26,31H,8-9,12-15,18-20H2,1-5H3;6,9-13,17,20-21,27H,7-8,14-16H2,1-5H3. The summed E-state index contributed by atoms with van der Waals surface area (Å²) in [5.74, 6) is 2.84. The van der Waals surface area contributed by atoms with E-state index in [2.05, 4.69) is 93.7 Å². The van der Waals surface area contributed by atoms with Gasteiger partial charge in [-0.25, -0.2) is 9.97 Å². The summed E-state index contributed by atoms with van der Waals surface area (Å²) < 4.78 is 30.7. The second kappa shape index (κ2) is 24.6. The first-order chi connectivity index (χ1) is 38.6. The predicted molar refractivity (Wildman–Crippen MR) is 326 cm³/mol. The monoisotopic (exact) mass is 1200 g/mol. The van der Waals surface area contributed by atoms with Crippen molar-refractivity contribution in [1.82, 2.24) is 14.9 Å². The number of carbonyl (C=O) groups is 3. The van der Waals surface area contributed by atoms with Crippen molar-refractivity contribution in [3.05, 3.63) is 127 Å². The van der Waals surface area contributed by atoms with E-state index in [-0.39, 0.29) is 29.7 Å². The number of thiazole rings is 2. The maximum atomic E-state index is 13.0. The van der Waals surface area contributed by atoms with Crippen molar-refractivity contribution >= 4 is 66.7 Å². The molecule has 13 nitrogen and oxygen atoms in total. The van der Waals surface area contributed by atoms with E-state index in [9.17, 15) is 14.4 Å². The fourth-order valence-corrected chi connectivity index (χ4v) is 14.5. The van der Waals surface area contributed by atoms with E-state index < -0.39 is 11.2 Å². The first kappa shape index (κ1) is 58.4. The van der Waals surface area contributed by atoms with Crippen LogP contribution in [0, 0.1) is 63.2 Å². The van der Waals surface area contributed by atoms with Crippen molar-refractivity contribution in [1.29, 1.82) is 0 Å². The smallest absolute Gasteiger partial charge is 0.310 e. The third-order valence-electron chi connectivity index (χ3n) is 16.3. The second-order valence-corrected chi connectivity index (χ2v) is 27.4. The Morgan fingerprint density at radius 3 is 1.44 bits per heavy atom. The molecule has 4 aromatic carbocycles. The van der Waals surface area contributed by atoms with E-state index in [1.54, 1.807) is 22.7 Å². The lowest BCUT2D eigenvalue weighted by Gasteiger charge is -2.37. The minimum absolute atomic E-state index is 0.00810. The van der Waals surface area contributed by atoms with Crippen LogP contribution < -0.4 is 19.3 Å². The Balaban J connectivity index is 0.000000185. The van der Waals surface area contributed by atoms with Gasteiger partial charge < -0.3 is 38.4 Å². The van der Waals surface area contributed by atoms with Gasteiger partial charge in [-0.1, -0.05) is 51.3 Å². The van der Waals surface area contributed by atoms with Crippen LogP contribution in [0.15, 0.2) is 88.0 Å². The van der Waals surface area contributed by atoms with Crippen LogP contribution in [0.4, 0.5) is 10.3 Å². The number of nitrogens with zero attached hydrogens (tertiary/aromatic N) is 5. The predicted octanol–water partition coefficient (Wildman–Crippen LogP) is 13.9. The molecule has 1 amide bonds. The van der Waals surface area contributed by atoms with E-state index in [4.69, 9.17) is 33.7 Å². The Labute approximate surface area is 494 Å². The summed E-state index contributed by atoms with van der Waals surface area (Å²) >= 11 is 6.86. The molecule has 0 N–H and O–H groups in total. The van der Waals surface area contributed by atoms with Gasteiger partial charge in [0.25, 0.3) is 5.91 Å². The SMILES string of the molecule is Cc1ccc(OCc2ccc(Br)cc2C)c(-c2csc(N3CC4CCC(C3)C4C(=O)OC(C)(C)C)n2)c1.Cc1ccc(OCc2ccc(C(=O)N3CCOCC3)cc2C)c(-c2csc(N3CC4CCC(C3)C4C(=O)OC(C)(C)C)n2)c1. The molecule has 2 aromatic heterocycles. The molecule has 2 aliphatic carbocycles. The van der Waals surface area contributed by atoms with Crippen molar-refractivity contribution in [2.24, 2.45) is 35.5 Å². The van der Waals surface area contributed by atoms with Gasteiger partial charge in [0.1, 0.15) is 35.9 Å². The van der Waals surface area contributed by atoms with Gasteiger partial charge in [-0.15, -0.1) is 22.7 Å². The summed E-state index contributed by atoms with van der Waals surface area (Å²) in [5, 5.41) is 6.24. The highest BCUT2D eigenvalue weighted by Crippen LogP contribution is 2.47. The number of esters is 2. The van der Waals surface area contributed by atoms with E-state index in [0.717, 1.165) is 123 Å². The van der Waals surface area contributed by atoms with Gasteiger partial charge in [-0.05, 0) is 189 Å². The highest BCUT2D eigenvalue weighted by atomic mass is 79.9. The van der Waals surface area contributed by atoms with Crippen molar-refractivity contribution in [3.8, 4) is 34.0 Å². The average molecular weight is 1200 g/mol. The number of fused-ring (bicyclic) bond motifs is 4. The number of hydrogen-bond acceptors (Lipinski definition) is 14. The van der Waals surface area contributed by atoms with Crippen molar-refractivity contribution in [2.45, 2.75) is 119 Å². The molecule has 5 fully saturated rings. The minimum atomic E-state index is -0.463. The van der Waals surface area contributed by atoms with E-state index in [0.29, 0.717) is 68.8 Å². The van der Waals surface area contributed by atoms with Crippen LogP contribution in [0.3, 0.4) is 0 Å². The number of amides is 1. The van der Waals surface area contributed by atoms with Gasteiger partial charge in [0.2, 0.25) is 0 Å². The molecule has 16 heteroatoms. The molecule has 5 aliphatic rings. The van der Waals surface area contributed by atoms with Gasteiger partial charge in [-0.3, -0.25) is 14.4 Å². The quantitative estimate of drug-likeness (QED) is 0.102. The summed E-state index contributed by atoms with van der Waals surface area (Å²) in [4.78, 5) is 55.5. The van der Waals surface area contributed by atoms with E-state index in [1.807, 2.05) is 89.8 Å². The molecule has 81 heavy (non-hydrogen) atoms. The molecular formula is C65H78BrN5O8S2. The summed E-state index contributed by atoms with van der Waals surface area (Å²) in [6.07, 6.45) is 4.27. The minimum Gasteiger partial charge on any atom is -0.488 e.